The zero-order valence-corrected chi connectivity index (χ0v) is 8.49. The molecule has 0 spiro atoms. The number of rotatable bonds is 4. The third-order valence-corrected chi connectivity index (χ3v) is 1.96. The number of hydrogen-bond donors (Lipinski definition) is 1. The average Bonchev–Trinajstić information content (AvgIpc) is 2.52. The molecule has 5 nitrogen and oxygen atoms in total. The summed E-state index contributed by atoms with van der Waals surface area (Å²) in [6.07, 6.45) is 3.14. The van der Waals surface area contributed by atoms with E-state index in [9.17, 15) is 14.4 Å². The van der Waals surface area contributed by atoms with Gasteiger partial charge in [0, 0.05) is 6.42 Å². The van der Waals surface area contributed by atoms with E-state index in [0.29, 0.717) is 13.0 Å². The van der Waals surface area contributed by atoms with Gasteiger partial charge in [0.2, 0.25) is 5.91 Å². The molecule has 0 aliphatic carbocycles. The summed E-state index contributed by atoms with van der Waals surface area (Å²) in [5.74, 6) is -1.15. The highest BCUT2D eigenvalue weighted by atomic mass is 16.5. The molecule has 0 bridgehead atoms. The molecular formula is C10H13NO4. The lowest BCUT2D eigenvalue weighted by atomic mass is 10.2. The Bertz CT molecular complexity index is 309. The molecule has 15 heavy (non-hydrogen) atoms. The highest BCUT2D eigenvalue weighted by molar-refractivity contribution is 6.04. The van der Waals surface area contributed by atoms with Crippen molar-refractivity contribution in [3.8, 4) is 0 Å². The van der Waals surface area contributed by atoms with Gasteiger partial charge in [-0.3, -0.25) is 9.59 Å². The predicted molar refractivity (Wildman–Crippen MR) is 51.9 cm³/mol. The number of ether oxygens (including phenoxy) is 1. The summed E-state index contributed by atoms with van der Waals surface area (Å²) in [5.41, 5.74) is 0. The van der Waals surface area contributed by atoms with Gasteiger partial charge in [-0.1, -0.05) is 6.08 Å². The molecule has 0 unspecified atom stereocenters. The van der Waals surface area contributed by atoms with E-state index in [1.54, 1.807) is 13.0 Å². The van der Waals surface area contributed by atoms with E-state index in [0.717, 1.165) is 0 Å². The Balaban J connectivity index is 2.35. The maximum absolute atomic E-state index is 11.3. The second-order valence-electron chi connectivity index (χ2n) is 3.22. The van der Waals surface area contributed by atoms with Crippen molar-refractivity contribution >= 4 is 17.7 Å². The molecular weight excluding hydrogens is 198 g/mol. The van der Waals surface area contributed by atoms with Crippen LogP contribution in [0.4, 0.5) is 0 Å². The van der Waals surface area contributed by atoms with Crippen molar-refractivity contribution in [2.75, 3.05) is 6.61 Å². The number of nitrogens with one attached hydrogen (secondary N) is 1. The van der Waals surface area contributed by atoms with Crippen LogP contribution in [-0.4, -0.2) is 30.3 Å². The molecule has 1 heterocycles. The summed E-state index contributed by atoms with van der Waals surface area (Å²) in [7, 11) is 0. The lowest BCUT2D eigenvalue weighted by Crippen LogP contribution is -2.38. The van der Waals surface area contributed by atoms with E-state index in [1.165, 1.54) is 6.08 Å². The molecule has 1 aliphatic rings. The normalized spacial score (nSPS) is 20.3. The fourth-order valence-corrected chi connectivity index (χ4v) is 1.28. The molecule has 1 fully saturated rings. The molecule has 0 aromatic rings. The molecule has 0 saturated carbocycles. The quantitative estimate of drug-likeness (QED) is 0.402. The molecule has 1 N–H and O–H groups in total. The van der Waals surface area contributed by atoms with Crippen LogP contribution in [0.2, 0.25) is 0 Å². The fourth-order valence-electron chi connectivity index (χ4n) is 1.28. The van der Waals surface area contributed by atoms with Crippen molar-refractivity contribution in [3.63, 3.8) is 0 Å². The molecule has 0 aromatic heterocycles. The minimum Gasteiger partial charge on any atom is -0.464 e. The number of carbonyl (C=O) groups is 3. The van der Waals surface area contributed by atoms with Crippen LogP contribution in [0.1, 0.15) is 19.8 Å². The molecule has 0 aromatic carbocycles. The summed E-state index contributed by atoms with van der Waals surface area (Å²) in [6, 6.07) is -0.587. The van der Waals surface area contributed by atoms with Gasteiger partial charge < -0.3 is 10.1 Å². The van der Waals surface area contributed by atoms with Crippen molar-refractivity contribution in [2.45, 2.75) is 25.8 Å². The third kappa shape index (κ3) is 3.53. The van der Waals surface area contributed by atoms with E-state index < -0.39 is 17.9 Å². The molecule has 1 amide bonds. The topological polar surface area (TPSA) is 72.5 Å². The lowest BCUT2D eigenvalue weighted by molar-refractivity contribution is -0.141. The van der Waals surface area contributed by atoms with E-state index in [1.807, 2.05) is 0 Å². The predicted octanol–water partition coefficient (Wildman–Crippen LogP) is -0.0466. The van der Waals surface area contributed by atoms with Crippen LogP contribution in [-0.2, 0) is 19.1 Å². The monoisotopic (exact) mass is 211 g/mol. The summed E-state index contributed by atoms with van der Waals surface area (Å²) in [6.45, 7) is 2.02. The zero-order valence-electron chi connectivity index (χ0n) is 8.49. The summed E-state index contributed by atoms with van der Waals surface area (Å²) in [4.78, 5) is 33.3. The van der Waals surface area contributed by atoms with E-state index in [4.69, 9.17) is 0 Å². The minimum absolute atomic E-state index is 0.228. The van der Waals surface area contributed by atoms with Crippen LogP contribution < -0.4 is 5.32 Å². The lowest BCUT2D eigenvalue weighted by Gasteiger charge is -2.06. The second-order valence-corrected chi connectivity index (χ2v) is 3.22. The molecule has 1 rings (SSSR count). The first-order valence-electron chi connectivity index (χ1n) is 4.75. The zero-order chi connectivity index (χ0) is 11.3. The van der Waals surface area contributed by atoms with Crippen molar-refractivity contribution < 1.29 is 19.1 Å². The molecule has 1 saturated heterocycles. The fraction of sp³-hybridized carbons (Fsp3) is 0.500. The first kappa shape index (κ1) is 11.4. The van der Waals surface area contributed by atoms with Crippen molar-refractivity contribution in [1.82, 2.24) is 5.32 Å². The number of carbonyl (C=O) groups excluding carboxylic acids is 3. The van der Waals surface area contributed by atoms with Crippen LogP contribution in [0.25, 0.3) is 0 Å². The average molecular weight is 211 g/mol. The van der Waals surface area contributed by atoms with Gasteiger partial charge in [0.15, 0.2) is 5.78 Å². The standard InChI is InChI=1S/C10H13NO4/c1-2-3-7(12)6-9(13)11-8-4-5-15-10(8)14/h2-3,8H,4-6H2,1H3,(H,11,13)/b3-2+/t8-/m0/s1. The summed E-state index contributed by atoms with van der Waals surface area (Å²) >= 11 is 0. The Labute approximate surface area is 87.5 Å². The van der Waals surface area contributed by atoms with Crippen LogP contribution in [0.5, 0.6) is 0 Å². The number of ketones is 1. The molecule has 0 radical (unpaired) electrons. The van der Waals surface area contributed by atoms with E-state index in [-0.39, 0.29) is 12.2 Å². The van der Waals surface area contributed by atoms with Gasteiger partial charge in [0.25, 0.3) is 0 Å². The largest absolute Gasteiger partial charge is 0.464 e. The van der Waals surface area contributed by atoms with Crippen LogP contribution in [0, 0.1) is 0 Å². The van der Waals surface area contributed by atoms with Crippen LogP contribution in [0.3, 0.4) is 0 Å². The first-order chi connectivity index (χ1) is 7.13. The number of esters is 1. The number of amides is 1. The smallest absolute Gasteiger partial charge is 0.328 e. The Morgan fingerprint density at radius 3 is 2.87 bits per heavy atom. The van der Waals surface area contributed by atoms with E-state index in [2.05, 4.69) is 10.1 Å². The Morgan fingerprint density at radius 1 is 1.60 bits per heavy atom. The van der Waals surface area contributed by atoms with Crippen molar-refractivity contribution in [3.05, 3.63) is 12.2 Å². The maximum Gasteiger partial charge on any atom is 0.328 e. The van der Waals surface area contributed by atoms with Crippen molar-refractivity contribution in [1.29, 1.82) is 0 Å². The minimum atomic E-state index is -0.587. The van der Waals surface area contributed by atoms with Gasteiger partial charge in [0.05, 0.1) is 13.0 Å². The summed E-state index contributed by atoms with van der Waals surface area (Å²) < 4.78 is 4.67. The van der Waals surface area contributed by atoms with Gasteiger partial charge >= 0.3 is 5.97 Å². The second kappa shape index (κ2) is 5.29. The SMILES string of the molecule is C/C=C/C(=O)CC(=O)N[C@H]1CCOC1=O. The first-order valence-corrected chi connectivity index (χ1v) is 4.75. The van der Waals surface area contributed by atoms with Gasteiger partial charge in [-0.25, -0.2) is 4.79 Å². The van der Waals surface area contributed by atoms with Gasteiger partial charge in [-0.05, 0) is 13.0 Å². The van der Waals surface area contributed by atoms with Gasteiger partial charge in [0.1, 0.15) is 6.04 Å². The number of hydrogen-bond acceptors (Lipinski definition) is 4. The number of allylic oxidation sites excluding steroid dienone is 2. The molecule has 5 heteroatoms. The molecule has 82 valence electrons. The highest BCUT2D eigenvalue weighted by Crippen LogP contribution is 2.05. The maximum atomic E-state index is 11.3. The molecule has 1 aliphatic heterocycles. The van der Waals surface area contributed by atoms with Crippen molar-refractivity contribution in [2.24, 2.45) is 0 Å². The number of cyclic esters (lactones) is 1. The third-order valence-electron chi connectivity index (χ3n) is 1.96. The molecule has 1 atom stereocenters. The van der Waals surface area contributed by atoms with Crippen LogP contribution in [0.15, 0.2) is 12.2 Å². The Hall–Kier alpha value is -1.65. The summed E-state index contributed by atoms with van der Waals surface area (Å²) in [5, 5.41) is 2.45. The Kier molecular flexibility index (Phi) is 4.03. The van der Waals surface area contributed by atoms with Crippen LogP contribution >= 0.6 is 0 Å². The Morgan fingerprint density at radius 2 is 2.33 bits per heavy atom. The van der Waals surface area contributed by atoms with Gasteiger partial charge in [-0.15, -0.1) is 0 Å². The van der Waals surface area contributed by atoms with Gasteiger partial charge in [-0.2, -0.15) is 0 Å². The van der Waals surface area contributed by atoms with E-state index >= 15 is 0 Å². The highest BCUT2D eigenvalue weighted by Gasteiger charge is 2.27.